The molecule has 2 aromatic rings. The highest BCUT2D eigenvalue weighted by molar-refractivity contribution is 6.31. The molecule has 7 rings (SSSR count). The molecular formula is C25H21ClN2O3. The van der Waals surface area contributed by atoms with E-state index >= 15 is 0 Å². The lowest BCUT2D eigenvalue weighted by atomic mass is 9.63. The van der Waals surface area contributed by atoms with Gasteiger partial charge in [-0.2, -0.15) is 0 Å². The van der Waals surface area contributed by atoms with E-state index in [0.717, 1.165) is 12.0 Å². The third-order valence-electron chi connectivity index (χ3n) is 7.46. The Labute approximate surface area is 185 Å². The SMILES string of the molecule is Cc1ccc(NC(=O)c2cccc(N3C(=O)[C@@H]4[C@H]5C=C[C@@H]([C@@H]6C[C@H]56)[C@H]4C3=O)c2)cc1Cl. The second kappa shape index (κ2) is 6.54. The Morgan fingerprint density at radius 2 is 1.68 bits per heavy atom. The van der Waals surface area contributed by atoms with Crippen molar-refractivity contribution >= 4 is 40.7 Å². The molecule has 1 N–H and O–H groups in total. The summed E-state index contributed by atoms with van der Waals surface area (Å²) in [7, 11) is 0. The first-order valence-corrected chi connectivity index (χ1v) is 11.1. The molecular weight excluding hydrogens is 412 g/mol. The van der Waals surface area contributed by atoms with Crippen LogP contribution in [0.4, 0.5) is 11.4 Å². The van der Waals surface area contributed by atoms with E-state index in [-0.39, 0.29) is 41.4 Å². The number of hydrogen-bond donors (Lipinski definition) is 1. The summed E-state index contributed by atoms with van der Waals surface area (Å²) < 4.78 is 0. The molecule has 3 amide bonds. The number of rotatable bonds is 3. The number of allylic oxidation sites excluding steroid dienone is 2. The van der Waals surface area contributed by atoms with Gasteiger partial charge < -0.3 is 5.32 Å². The summed E-state index contributed by atoms with van der Waals surface area (Å²) in [6.45, 7) is 1.89. The Balaban J connectivity index is 1.28. The summed E-state index contributed by atoms with van der Waals surface area (Å²) in [6, 6.07) is 12.0. The minimum Gasteiger partial charge on any atom is -0.322 e. The average molecular weight is 433 g/mol. The molecule has 1 aliphatic heterocycles. The van der Waals surface area contributed by atoms with Gasteiger partial charge in [0.25, 0.3) is 5.91 Å². The highest BCUT2D eigenvalue weighted by Gasteiger charge is 2.67. The number of carbonyl (C=O) groups excluding carboxylic acids is 3. The van der Waals surface area contributed by atoms with Gasteiger partial charge in [-0.25, -0.2) is 4.90 Å². The predicted molar refractivity (Wildman–Crippen MR) is 118 cm³/mol. The van der Waals surface area contributed by atoms with Gasteiger partial charge in [0.1, 0.15) is 0 Å². The van der Waals surface area contributed by atoms with Crippen LogP contribution in [0.15, 0.2) is 54.6 Å². The second-order valence-electron chi connectivity index (χ2n) is 9.13. The van der Waals surface area contributed by atoms with Crippen LogP contribution in [0.3, 0.4) is 0 Å². The van der Waals surface area contributed by atoms with Gasteiger partial charge in [-0.1, -0.05) is 35.9 Å². The van der Waals surface area contributed by atoms with Crippen molar-refractivity contribution in [2.45, 2.75) is 13.3 Å². The Morgan fingerprint density at radius 1 is 1.00 bits per heavy atom. The molecule has 0 radical (unpaired) electrons. The molecule has 6 atom stereocenters. The van der Waals surface area contributed by atoms with E-state index in [1.54, 1.807) is 36.4 Å². The number of carbonyl (C=O) groups is 3. The number of imide groups is 1. The normalized spacial score (nSPS) is 32.1. The van der Waals surface area contributed by atoms with Crippen molar-refractivity contribution < 1.29 is 14.4 Å². The van der Waals surface area contributed by atoms with Gasteiger partial charge in [0.15, 0.2) is 0 Å². The summed E-state index contributed by atoms with van der Waals surface area (Å²) in [6.07, 6.45) is 5.45. The molecule has 5 nitrogen and oxygen atoms in total. The van der Waals surface area contributed by atoms with Crippen molar-refractivity contribution in [1.82, 2.24) is 0 Å². The van der Waals surface area contributed by atoms with E-state index in [1.165, 1.54) is 4.90 Å². The molecule has 31 heavy (non-hydrogen) atoms. The maximum absolute atomic E-state index is 13.3. The molecule has 2 aromatic carbocycles. The van der Waals surface area contributed by atoms with Crippen LogP contribution in [0.1, 0.15) is 22.3 Å². The third kappa shape index (κ3) is 2.72. The summed E-state index contributed by atoms with van der Waals surface area (Å²) in [4.78, 5) is 40.7. The van der Waals surface area contributed by atoms with Crippen molar-refractivity contribution in [1.29, 1.82) is 0 Å². The van der Waals surface area contributed by atoms with E-state index < -0.39 is 0 Å². The maximum atomic E-state index is 13.3. The van der Waals surface area contributed by atoms with Crippen LogP contribution in [0.25, 0.3) is 0 Å². The molecule has 5 aliphatic rings. The van der Waals surface area contributed by atoms with Gasteiger partial charge in [-0.15, -0.1) is 0 Å². The quantitative estimate of drug-likeness (QED) is 0.575. The molecule has 0 unspecified atom stereocenters. The van der Waals surface area contributed by atoms with Crippen molar-refractivity contribution in [3.8, 4) is 0 Å². The second-order valence-corrected chi connectivity index (χ2v) is 9.54. The first-order chi connectivity index (χ1) is 14.9. The fourth-order valence-corrected chi connectivity index (χ4v) is 6.05. The van der Waals surface area contributed by atoms with Crippen LogP contribution in [0, 0.1) is 42.4 Å². The van der Waals surface area contributed by atoms with Gasteiger partial charge in [0.05, 0.1) is 17.5 Å². The van der Waals surface area contributed by atoms with Crippen LogP contribution in [0.5, 0.6) is 0 Å². The number of benzene rings is 2. The summed E-state index contributed by atoms with van der Waals surface area (Å²) in [5.74, 6) is 0.416. The van der Waals surface area contributed by atoms with Crippen LogP contribution in [-0.4, -0.2) is 17.7 Å². The van der Waals surface area contributed by atoms with Crippen LogP contribution in [-0.2, 0) is 9.59 Å². The fraction of sp³-hybridized carbons (Fsp3) is 0.320. The summed E-state index contributed by atoms with van der Waals surface area (Å²) >= 11 is 6.15. The maximum Gasteiger partial charge on any atom is 0.255 e. The molecule has 0 aromatic heterocycles. The van der Waals surface area contributed by atoms with Gasteiger partial charge in [0.2, 0.25) is 11.8 Å². The lowest BCUT2D eigenvalue weighted by Gasteiger charge is -2.37. The fourth-order valence-electron chi connectivity index (χ4n) is 5.87. The van der Waals surface area contributed by atoms with E-state index in [0.29, 0.717) is 33.8 Å². The predicted octanol–water partition coefficient (Wildman–Crippen LogP) is 4.46. The number of hydrogen-bond acceptors (Lipinski definition) is 3. The van der Waals surface area contributed by atoms with E-state index in [2.05, 4.69) is 17.5 Å². The first kappa shape index (κ1) is 18.8. The lowest BCUT2D eigenvalue weighted by Crippen LogP contribution is -2.40. The number of nitrogens with zero attached hydrogens (tertiary/aromatic N) is 1. The van der Waals surface area contributed by atoms with Crippen LogP contribution in [0.2, 0.25) is 5.02 Å². The van der Waals surface area contributed by atoms with Crippen LogP contribution < -0.4 is 10.2 Å². The Bertz CT molecular complexity index is 1150. The Morgan fingerprint density at radius 3 is 2.32 bits per heavy atom. The molecule has 156 valence electrons. The van der Waals surface area contributed by atoms with Gasteiger partial charge >= 0.3 is 0 Å². The highest BCUT2D eigenvalue weighted by Crippen LogP contribution is 2.65. The number of nitrogens with one attached hydrogen (secondary N) is 1. The van der Waals surface area contributed by atoms with Gasteiger partial charge in [-0.3, -0.25) is 14.4 Å². The number of amides is 3. The minimum absolute atomic E-state index is 0.123. The third-order valence-corrected chi connectivity index (χ3v) is 7.87. The first-order valence-electron chi connectivity index (χ1n) is 10.7. The van der Waals surface area contributed by atoms with Gasteiger partial charge in [-0.05, 0) is 72.9 Å². The highest BCUT2D eigenvalue weighted by atomic mass is 35.5. The zero-order valence-electron chi connectivity index (χ0n) is 16.9. The van der Waals surface area contributed by atoms with Gasteiger partial charge in [0, 0.05) is 16.3 Å². The number of aryl methyl sites for hydroxylation is 1. The summed E-state index contributed by atoms with van der Waals surface area (Å²) in [5.41, 5.74) is 2.36. The minimum atomic E-state index is -0.318. The topological polar surface area (TPSA) is 66.5 Å². The van der Waals surface area contributed by atoms with Crippen LogP contribution >= 0.6 is 11.6 Å². The monoisotopic (exact) mass is 432 g/mol. The molecule has 6 heteroatoms. The zero-order valence-corrected chi connectivity index (χ0v) is 17.7. The summed E-state index contributed by atoms with van der Waals surface area (Å²) in [5, 5.41) is 3.40. The molecule has 2 saturated carbocycles. The number of halogens is 1. The molecule has 1 heterocycles. The Kier molecular flexibility index (Phi) is 3.97. The number of anilines is 2. The molecule has 0 spiro atoms. The van der Waals surface area contributed by atoms with Crippen molar-refractivity contribution in [3.05, 3.63) is 70.8 Å². The zero-order chi connectivity index (χ0) is 21.4. The largest absolute Gasteiger partial charge is 0.322 e. The van der Waals surface area contributed by atoms with E-state index in [4.69, 9.17) is 11.6 Å². The molecule has 2 bridgehead atoms. The molecule has 4 aliphatic carbocycles. The molecule has 3 fully saturated rings. The van der Waals surface area contributed by atoms with Crippen molar-refractivity contribution in [2.24, 2.45) is 35.5 Å². The molecule has 1 saturated heterocycles. The van der Waals surface area contributed by atoms with E-state index in [1.807, 2.05) is 13.0 Å². The standard InChI is InChI=1S/C25H21ClN2O3/c1-12-5-6-14(10-20(12)26)27-23(29)13-3-2-4-15(9-13)28-24(30)21-16-7-8-17(19-11-18(16)19)22(21)25(28)31/h2-10,16-19,21-22H,11H2,1H3,(H,27,29)/t16-,17-,18-,19+,21+,22+/m0/s1. The lowest BCUT2D eigenvalue weighted by molar-refractivity contribution is -0.124. The average Bonchev–Trinajstić information content (AvgIpc) is 3.54. The van der Waals surface area contributed by atoms with Crippen molar-refractivity contribution in [2.75, 3.05) is 10.2 Å². The van der Waals surface area contributed by atoms with Crippen molar-refractivity contribution in [3.63, 3.8) is 0 Å². The van der Waals surface area contributed by atoms with E-state index in [9.17, 15) is 14.4 Å². The Hall–Kier alpha value is -2.92. The smallest absolute Gasteiger partial charge is 0.255 e.